The van der Waals surface area contributed by atoms with Crippen molar-refractivity contribution in [3.05, 3.63) is 58.8 Å². The smallest absolute Gasteiger partial charge is 0.131 e. The minimum atomic E-state index is 0.130. The first-order chi connectivity index (χ1) is 10.3. The summed E-state index contributed by atoms with van der Waals surface area (Å²) in [5, 5.41) is 5.71. The fourth-order valence-electron chi connectivity index (χ4n) is 2.40. The van der Waals surface area contributed by atoms with Crippen LogP contribution < -0.4 is 5.32 Å². The molecule has 0 radical (unpaired) electrons. The first kappa shape index (κ1) is 14.0. The van der Waals surface area contributed by atoms with Crippen LogP contribution in [0.4, 0.5) is 0 Å². The Morgan fingerprint density at radius 2 is 2.00 bits per heavy atom. The van der Waals surface area contributed by atoms with Crippen LogP contribution in [0.1, 0.15) is 22.6 Å². The van der Waals surface area contributed by atoms with Gasteiger partial charge in [-0.3, -0.25) is 0 Å². The highest BCUT2D eigenvalue weighted by Crippen LogP contribution is 2.24. The predicted molar refractivity (Wildman–Crippen MR) is 84.3 cm³/mol. The highest BCUT2D eigenvalue weighted by atomic mass is 32.1. The minimum absolute atomic E-state index is 0.130. The Morgan fingerprint density at radius 1 is 1.19 bits per heavy atom. The number of hydrogen-bond acceptors (Lipinski definition) is 4. The van der Waals surface area contributed by atoms with Crippen molar-refractivity contribution in [2.24, 2.45) is 14.1 Å². The fourth-order valence-corrected chi connectivity index (χ4v) is 3.19. The normalized spacial score (nSPS) is 12.7. The molecule has 3 aromatic rings. The lowest BCUT2D eigenvalue weighted by atomic mass is 10.2. The molecule has 0 aliphatic heterocycles. The molecule has 0 saturated heterocycles. The molecule has 3 heterocycles. The van der Waals surface area contributed by atoms with E-state index in [1.807, 2.05) is 38.9 Å². The van der Waals surface area contributed by atoms with Gasteiger partial charge in [0.05, 0.1) is 0 Å². The Hall–Kier alpha value is -1.92. The standard InChI is InChI=1S/C15H19N5S/c1-19-9-7-16-13(19)5-6-17-14(12-4-3-11-21-12)15-18-8-10-20(15)2/h3-4,7-11,14,17H,5-6H2,1-2H3. The van der Waals surface area contributed by atoms with Crippen molar-refractivity contribution in [1.82, 2.24) is 24.4 Å². The van der Waals surface area contributed by atoms with Crippen molar-refractivity contribution in [3.8, 4) is 0 Å². The molecule has 0 aliphatic carbocycles. The molecule has 110 valence electrons. The number of aromatic nitrogens is 4. The van der Waals surface area contributed by atoms with Crippen LogP contribution in [0.3, 0.4) is 0 Å². The van der Waals surface area contributed by atoms with Gasteiger partial charge in [-0.15, -0.1) is 11.3 Å². The van der Waals surface area contributed by atoms with Gasteiger partial charge in [-0.2, -0.15) is 0 Å². The van der Waals surface area contributed by atoms with Crippen LogP contribution in [0.15, 0.2) is 42.3 Å². The first-order valence-corrected chi connectivity index (χ1v) is 7.84. The topological polar surface area (TPSA) is 47.7 Å². The summed E-state index contributed by atoms with van der Waals surface area (Å²) in [6, 6.07) is 4.36. The van der Waals surface area contributed by atoms with Gasteiger partial charge < -0.3 is 14.5 Å². The maximum Gasteiger partial charge on any atom is 0.131 e. The zero-order valence-electron chi connectivity index (χ0n) is 12.2. The van der Waals surface area contributed by atoms with E-state index in [1.54, 1.807) is 11.3 Å². The molecule has 21 heavy (non-hydrogen) atoms. The molecule has 3 rings (SSSR count). The van der Waals surface area contributed by atoms with Crippen LogP contribution in [-0.2, 0) is 20.5 Å². The third-order valence-electron chi connectivity index (χ3n) is 3.56. The Balaban J connectivity index is 1.72. The van der Waals surface area contributed by atoms with Gasteiger partial charge in [0.2, 0.25) is 0 Å². The third-order valence-corrected chi connectivity index (χ3v) is 4.50. The zero-order valence-corrected chi connectivity index (χ0v) is 13.0. The third kappa shape index (κ3) is 3.06. The first-order valence-electron chi connectivity index (χ1n) is 6.96. The molecule has 6 heteroatoms. The van der Waals surface area contributed by atoms with E-state index in [2.05, 4.69) is 41.9 Å². The van der Waals surface area contributed by atoms with E-state index in [1.165, 1.54) is 4.88 Å². The second kappa shape index (κ2) is 6.24. The summed E-state index contributed by atoms with van der Waals surface area (Å²) in [6.45, 7) is 0.861. The van der Waals surface area contributed by atoms with E-state index in [0.717, 1.165) is 24.6 Å². The number of aryl methyl sites for hydroxylation is 2. The molecule has 0 fully saturated rings. The van der Waals surface area contributed by atoms with E-state index in [4.69, 9.17) is 0 Å². The summed E-state index contributed by atoms with van der Waals surface area (Å²) in [5.74, 6) is 2.13. The van der Waals surface area contributed by atoms with Crippen molar-refractivity contribution in [2.45, 2.75) is 12.5 Å². The fraction of sp³-hybridized carbons (Fsp3) is 0.333. The Morgan fingerprint density at radius 3 is 2.62 bits per heavy atom. The molecule has 1 unspecified atom stereocenters. The number of nitrogens with zero attached hydrogens (tertiary/aromatic N) is 4. The predicted octanol–water partition coefficient (Wildman–Crippen LogP) is 2.14. The average Bonchev–Trinajstić information content (AvgIpc) is 3.19. The Labute approximate surface area is 128 Å². The number of imidazole rings is 2. The second-order valence-electron chi connectivity index (χ2n) is 5.00. The monoisotopic (exact) mass is 301 g/mol. The quantitative estimate of drug-likeness (QED) is 0.759. The summed E-state index contributed by atoms with van der Waals surface area (Å²) in [6.07, 6.45) is 8.54. The Bertz CT molecular complexity index is 683. The summed E-state index contributed by atoms with van der Waals surface area (Å²) >= 11 is 1.75. The van der Waals surface area contributed by atoms with Crippen LogP contribution in [0.2, 0.25) is 0 Å². The molecular formula is C15H19N5S. The minimum Gasteiger partial charge on any atom is -0.338 e. The lowest BCUT2D eigenvalue weighted by Gasteiger charge is -2.17. The van der Waals surface area contributed by atoms with Crippen molar-refractivity contribution in [3.63, 3.8) is 0 Å². The van der Waals surface area contributed by atoms with E-state index >= 15 is 0 Å². The number of thiophene rings is 1. The summed E-state index contributed by atoms with van der Waals surface area (Å²) < 4.78 is 4.13. The van der Waals surface area contributed by atoms with Gasteiger partial charge in [0.15, 0.2) is 0 Å². The van der Waals surface area contributed by atoms with Gasteiger partial charge in [0, 0.05) is 56.7 Å². The van der Waals surface area contributed by atoms with Crippen molar-refractivity contribution >= 4 is 11.3 Å². The lowest BCUT2D eigenvalue weighted by molar-refractivity contribution is 0.558. The maximum absolute atomic E-state index is 4.49. The summed E-state index contributed by atoms with van der Waals surface area (Å²) in [5.41, 5.74) is 0. The van der Waals surface area contributed by atoms with E-state index < -0.39 is 0 Å². The molecule has 0 saturated carbocycles. The van der Waals surface area contributed by atoms with Gasteiger partial charge >= 0.3 is 0 Å². The molecular weight excluding hydrogens is 282 g/mol. The molecule has 5 nitrogen and oxygen atoms in total. The lowest BCUT2D eigenvalue weighted by Crippen LogP contribution is -2.27. The number of rotatable bonds is 6. The molecule has 3 aromatic heterocycles. The van der Waals surface area contributed by atoms with Crippen LogP contribution in [0.25, 0.3) is 0 Å². The summed E-state index contributed by atoms with van der Waals surface area (Å²) in [4.78, 5) is 10.1. The molecule has 0 bridgehead atoms. The SMILES string of the molecule is Cn1ccnc1CCNC(c1cccs1)c1nccn1C. The van der Waals surface area contributed by atoms with Crippen LogP contribution in [0.5, 0.6) is 0 Å². The molecule has 0 spiro atoms. The average molecular weight is 301 g/mol. The Kier molecular flexibility index (Phi) is 4.17. The van der Waals surface area contributed by atoms with Crippen molar-refractivity contribution in [1.29, 1.82) is 0 Å². The molecule has 1 N–H and O–H groups in total. The van der Waals surface area contributed by atoms with E-state index in [0.29, 0.717) is 0 Å². The summed E-state index contributed by atoms with van der Waals surface area (Å²) in [7, 11) is 4.06. The van der Waals surface area contributed by atoms with E-state index in [9.17, 15) is 0 Å². The highest BCUT2D eigenvalue weighted by molar-refractivity contribution is 7.10. The van der Waals surface area contributed by atoms with Crippen molar-refractivity contribution in [2.75, 3.05) is 6.54 Å². The van der Waals surface area contributed by atoms with Gasteiger partial charge in [-0.1, -0.05) is 6.07 Å². The molecule has 0 aromatic carbocycles. The van der Waals surface area contributed by atoms with Gasteiger partial charge in [-0.25, -0.2) is 9.97 Å². The molecule has 0 amide bonds. The van der Waals surface area contributed by atoms with Crippen LogP contribution in [-0.4, -0.2) is 25.6 Å². The highest BCUT2D eigenvalue weighted by Gasteiger charge is 2.18. The molecule has 1 atom stereocenters. The van der Waals surface area contributed by atoms with Crippen LogP contribution in [0, 0.1) is 0 Å². The zero-order chi connectivity index (χ0) is 14.7. The van der Waals surface area contributed by atoms with Gasteiger partial charge in [0.1, 0.15) is 17.7 Å². The largest absolute Gasteiger partial charge is 0.338 e. The maximum atomic E-state index is 4.49. The van der Waals surface area contributed by atoms with Gasteiger partial charge in [0.25, 0.3) is 0 Å². The second-order valence-corrected chi connectivity index (χ2v) is 5.98. The van der Waals surface area contributed by atoms with E-state index in [-0.39, 0.29) is 6.04 Å². The van der Waals surface area contributed by atoms with Gasteiger partial charge in [-0.05, 0) is 11.4 Å². The van der Waals surface area contributed by atoms with Crippen molar-refractivity contribution < 1.29 is 0 Å². The van der Waals surface area contributed by atoms with Crippen LogP contribution >= 0.6 is 11.3 Å². The number of hydrogen-bond donors (Lipinski definition) is 1. The number of nitrogens with one attached hydrogen (secondary N) is 1. The molecule has 0 aliphatic rings.